The molecule has 0 aliphatic carbocycles. The van der Waals surface area contributed by atoms with Crippen LogP contribution in [0.25, 0.3) is 0 Å². The van der Waals surface area contributed by atoms with E-state index < -0.39 is 5.97 Å². The molecule has 0 saturated carbocycles. The Hall–Kier alpha value is -0.500. The van der Waals surface area contributed by atoms with Gasteiger partial charge in [-0.3, -0.25) is 4.79 Å². The lowest BCUT2D eigenvalue weighted by atomic mass is 10.1. The Morgan fingerprint density at radius 3 is 1.79 bits per heavy atom. The lowest BCUT2D eigenvalue weighted by Crippen LogP contribution is -1.93. The van der Waals surface area contributed by atoms with E-state index in [-0.39, 0.29) is 0 Å². The third-order valence-corrected chi connectivity index (χ3v) is 3.45. The maximum absolute atomic E-state index is 10.3. The first-order chi connectivity index (χ1) is 9.27. The highest BCUT2D eigenvalue weighted by molar-refractivity contribution is 6.17. The third-order valence-electron chi connectivity index (χ3n) is 3.18. The SMILES string of the molecule is O=C(O)CCCCCCCCCC/C=C/CCCCl. The number of carbonyl (C=O) groups is 1. The molecule has 112 valence electrons. The van der Waals surface area contributed by atoms with E-state index in [1.807, 2.05) is 0 Å². The zero-order chi connectivity index (χ0) is 14.2. The van der Waals surface area contributed by atoms with Crippen molar-refractivity contribution in [2.24, 2.45) is 0 Å². The van der Waals surface area contributed by atoms with Crippen molar-refractivity contribution in [2.45, 2.75) is 77.0 Å². The molecule has 0 unspecified atom stereocenters. The predicted octanol–water partition coefficient (Wildman–Crippen LogP) is 5.55. The van der Waals surface area contributed by atoms with Gasteiger partial charge in [0, 0.05) is 12.3 Å². The fraction of sp³-hybridized carbons (Fsp3) is 0.812. The number of unbranched alkanes of at least 4 members (excludes halogenated alkanes) is 9. The number of rotatable bonds is 14. The first-order valence-corrected chi connectivity index (χ1v) is 8.23. The van der Waals surface area contributed by atoms with Gasteiger partial charge in [0.1, 0.15) is 0 Å². The van der Waals surface area contributed by atoms with Gasteiger partial charge in [-0.25, -0.2) is 0 Å². The summed E-state index contributed by atoms with van der Waals surface area (Å²) in [5.41, 5.74) is 0. The van der Waals surface area contributed by atoms with Gasteiger partial charge in [-0.15, -0.1) is 11.6 Å². The van der Waals surface area contributed by atoms with Gasteiger partial charge in [0.05, 0.1) is 0 Å². The van der Waals surface area contributed by atoms with Crippen LogP contribution < -0.4 is 0 Å². The highest BCUT2D eigenvalue weighted by Gasteiger charge is 1.96. The van der Waals surface area contributed by atoms with Gasteiger partial charge in [-0.1, -0.05) is 50.7 Å². The number of allylic oxidation sites excluding steroid dienone is 2. The minimum absolute atomic E-state index is 0.329. The summed E-state index contributed by atoms with van der Waals surface area (Å²) in [6.45, 7) is 0. The Balaban J connectivity index is 3.02. The highest BCUT2D eigenvalue weighted by atomic mass is 35.5. The Morgan fingerprint density at radius 1 is 0.789 bits per heavy atom. The molecule has 0 spiro atoms. The van der Waals surface area contributed by atoms with Crippen LogP contribution in [-0.2, 0) is 4.79 Å². The van der Waals surface area contributed by atoms with E-state index in [0.717, 1.165) is 31.6 Å². The molecule has 1 N–H and O–H groups in total. The van der Waals surface area contributed by atoms with Crippen LogP contribution in [0.2, 0.25) is 0 Å². The minimum Gasteiger partial charge on any atom is -0.481 e. The molecule has 0 radical (unpaired) electrons. The molecule has 0 aromatic carbocycles. The molecule has 19 heavy (non-hydrogen) atoms. The smallest absolute Gasteiger partial charge is 0.303 e. The quantitative estimate of drug-likeness (QED) is 0.258. The zero-order valence-electron chi connectivity index (χ0n) is 12.1. The molecule has 0 rings (SSSR count). The van der Waals surface area contributed by atoms with Crippen molar-refractivity contribution in [3.05, 3.63) is 12.2 Å². The average Bonchev–Trinajstić information content (AvgIpc) is 2.39. The second-order valence-corrected chi connectivity index (χ2v) is 5.44. The monoisotopic (exact) mass is 288 g/mol. The normalized spacial score (nSPS) is 11.2. The van der Waals surface area contributed by atoms with Gasteiger partial charge in [0.15, 0.2) is 0 Å². The number of halogens is 1. The number of hydrogen-bond donors (Lipinski definition) is 1. The Morgan fingerprint density at radius 2 is 1.26 bits per heavy atom. The number of carboxylic acids is 1. The van der Waals surface area contributed by atoms with Gasteiger partial charge < -0.3 is 5.11 Å². The van der Waals surface area contributed by atoms with Crippen LogP contribution in [0.3, 0.4) is 0 Å². The van der Waals surface area contributed by atoms with E-state index in [9.17, 15) is 4.79 Å². The standard InChI is InChI=1S/C16H29ClO2/c17-15-13-11-9-7-5-3-1-2-4-6-8-10-12-14-16(18)19/h7,9H,1-6,8,10-15H2,(H,18,19)/b9-7+. The van der Waals surface area contributed by atoms with Gasteiger partial charge in [-0.2, -0.15) is 0 Å². The molecular formula is C16H29ClO2. The summed E-state index contributed by atoms with van der Waals surface area (Å²) in [4.78, 5) is 10.3. The van der Waals surface area contributed by atoms with Crippen LogP contribution in [0.1, 0.15) is 77.0 Å². The first kappa shape index (κ1) is 18.5. The fourth-order valence-corrected chi connectivity index (χ4v) is 2.18. The third kappa shape index (κ3) is 17.5. The van der Waals surface area contributed by atoms with Crippen molar-refractivity contribution >= 4 is 17.6 Å². The number of hydrogen-bond acceptors (Lipinski definition) is 1. The van der Waals surface area contributed by atoms with Crippen LogP contribution in [0, 0.1) is 0 Å². The number of aliphatic carboxylic acids is 1. The molecule has 0 amide bonds. The molecule has 3 heteroatoms. The van der Waals surface area contributed by atoms with Crippen LogP contribution in [0.15, 0.2) is 12.2 Å². The first-order valence-electron chi connectivity index (χ1n) is 7.70. The zero-order valence-corrected chi connectivity index (χ0v) is 12.8. The molecule has 0 saturated heterocycles. The van der Waals surface area contributed by atoms with Crippen molar-refractivity contribution in [1.29, 1.82) is 0 Å². The molecule has 0 aliphatic rings. The Labute approximate surface area is 123 Å². The van der Waals surface area contributed by atoms with Crippen molar-refractivity contribution in [3.63, 3.8) is 0 Å². The lowest BCUT2D eigenvalue weighted by Gasteiger charge is -2.00. The number of alkyl halides is 1. The van der Waals surface area contributed by atoms with Crippen LogP contribution in [0.4, 0.5) is 0 Å². The van der Waals surface area contributed by atoms with Crippen LogP contribution >= 0.6 is 11.6 Å². The second kappa shape index (κ2) is 15.6. The minimum atomic E-state index is -0.667. The molecule has 0 bridgehead atoms. The fourth-order valence-electron chi connectivity index (χ4n) is 2.03. The average molecular weight is 289 g/mol. The van der Waals surface area contributed by atoms with Gasteiger partial charge in [0.2, 0.25) is 0 Å². The maximum atomic E-state index is 10.3. The Bertz CT molecular complexity index is 227. The molecular weight excluding hydrogens is 260 g/mol. The summed E-state index contributed by atoms with van der Waals surface area (Å²) < 4.78 is 0. The summed E-state index contributed by atoms with van der Waals surface area (Å²) in [6.07, 6.45) is 17.8. The molecule has 0 atom stereocenters. The second-order valence-electron chi connectivity index (χ2n) is 5.06. The largest absolute Gasteiger partial charge is 0.481 e. The van der Waals surface area contributed by atoms with Crippen LogP contribution in [-0.4, -0.2) is 17.0 Å². The van der Waals surface area contributed by atoms with Crippen LogP contribution in [0.5, 0.6) is 0 Å². The van der Waals surface area contributed by atoms with E-state index in [1.54, 1.807) is 0 Å². The molecule has 0 heterocycles. The van der Waals surface area contributed by atoms with E-state index in [1.165, 1.54) is 44.9 Å². The summed E-state index contributed by atoms with van der Waals surface area (Å²) in [5, 5.41) is 8.49. The lowest BCUT2D eigenvalue weighted by molar-refractivity contribution is -0.137. The molecule has 0 aromatic rings. The summed E-state index contributed by atoms with van der Waals surface area (Å²) in [7, 11) is 0. The molecule has 0 fully saturated rings. The van der Waals surface area contributed by atoms with Gasteiger partial charge >= 0.3 is 5.97 Å². The molecule has 0 aliphatic heterocycles. The summed E-state index contributed by atoms with van der Waals surface area (Å²) in [6, 6.07) is 0. The summed E-state index contributed by atoms with van der Waals surface area (Å²) in [5.74, 6) is 0.0932. The van der Waals surface area contributed by atoms with Crippen molar-refractivity contribution < 1.29 is 9.90 Å². The predicted molar refractivity (Wildman–Crippen MR) is 82.9 cm³/mol. The maximum Gasteiger partial charge on any atom is 0.303 e. The van der Waals surface area contributed by atoms with E-state index in [2.05, 4.69) is 12.2 Å². The number of carboxylic acid groups (broad SMARTS) is 1. The van der Waals surface area contributed by atoms with E-state index in [4.69, 9.17) is 16.7 Å². The summed E-state index contributed by atoms with van der Waals surface area (Å²) >= 11 is 5.60. The Kier molecular flexibility index (Phi) is 15.1. The molecule has 0 aromatic heterocycles. The topological polar surface area (TPSA) is 37.3 Å². The van der Waals surface area contributed by atoms with Gasteiger partial charge in [-0.05, 0) is 32.1 Å². The van der Waals surface area contributed by atoms with Crippen molar-refractivity contribution in [2.75, 3.05) is 5.88 Å². The van der Waals surface area contributed by atoms with Crippen molar-refractivity contribution in [1.82, 2.24) is 0 Å². The van der Waals surface area contributed by atoms with Crippen molar-refractivity contribution in [3.8, 4) is 0 Å². The molecule has 2 nitrogen and oxygen atoms in total. The van der Waals surface area contributed by atoms with E-state index >= 15 is 0 Å². The highest BCUT2D eigenvalue weighted by Crippen LogP contribution is 2.11. The van der Waals surface area contributed by atoms with Gasteiger partial charge in [0.25, 0.3) is 0 Å². The van der Waals surface area contributed by atoms with E-state index in [0.29, 0.717) is 6.42 Å².